The Kier molecular flexibility index (Phi) is 3.53. The van der Waals surface area contributed by atoms with Gasteiger partial charge in [0.05, 0.1) is 6.42 Å². The zero-order valence-electron chi connectivity index (χ0n) is 7.62. The average Bonchev–Trinajstić information content (AvgIpc) is 2.37. The first-order valence-corrected chi connectivity index (χ1v) is 4.70. The predicted octanol–water partition coefficient (Wildman–Crippen LogP) is 1.34. The zero-order chi connectivity index (χ0) is 8.97. The standard InChI is InChI=1S/C9H17NO2/c1-2-5-10-6-3-4-8(10)7-9(11)12/h8H,2-7H2,1H3,(H,11,12). The smallest absolute Gasteiger partial charge is 0.304 e. The molecule has 1 rings (SSSR count). The first-order chi connectivity index (χ1) is 5.74. The van der Waals surface area contributed by atoms with Crippen LogP contribution < -0.4 is 0 Å². The summed E-state index contributed by atoms with van der Waals surface area (Å²) in [6.07, 6.45) is 3.67. The lowest BCUT2D eigenvalue weighted by molar-refractivity contribution is -0.138. The van der Waals surface area contributed by atoms with Crippen LogP contribution in [0.1, 0.15) is 32.6 Å². The van der Waals surface area contributed by atoms with Gasteiger partial charge >= 0.3 is 5.97 Å². The highest BCUT2D eigenvalue weighted by atomic mass is 16.4. The first-order valence-electron chi connectivity index (χ1n) is 4.70. The largest absolute Gasteiger partial charge is 0.481 e. The van der Waals surface area contributed by atoms with Crippen LogP contribution in [0.5, 0.6) is 0 Å². The Bertz CT molecular complexity index is 159. The Morgan fingerprint density at radius 1 is 1.67 bits per heavy atom. The third-order valence-corrected chi connectivity index (χ3v) is 2.42. The summed E-state index contributed by atoms with van der Waals surface area (Å²) in [5.74, 6) is -0.664. The van der Waals surface area contributed by atoms with Crippen LogP contribution in [0.25, 0.3) is 0 Å². The lowest BCUT2D eigenvalue weighted by Gasteiger charge is -2.21. The van der Waals surface area contributed by atoms with E-state index in [1.165, 1.54) is 0 Å². The minimum atomic E-state index is -0.664. The van der Waals surface area contributed by atoms with Gasteiger partial charge in [-0.25, -0.2) is 0 Å². The molecule has 1 N–H and O–H groups in total. The van der Waals surface area contributed by atoms with Gasteiger partial charge in [-0.15, -0.1) is 0 Å². The molecule has 70 valence electrons. The third kappa shape index (κ3) is 2.48. The lowest BCUT2D eigenvalue weighted by atomic mass is 10.1. The Morgan fingerprint density at radius 2 is 2.42 bits per heavy atom. The summed E-state index contributed by atoms with van der Waals surface area (Å²) in [6.45, 7) is 4.28. The molecule has 0 saturated carbocycles. The fourth-order valence-corrected chi connectivity index (χ4v) is 1.91. The number of hydrogen-bond donors (Lipinski definition) is 1. The van der Waals surface area contributed by atoms with Gasteiger partial charge in [0.1, 0.15) is 0 Å². The molecule has 1 aliphatic rings. The molecule has 1 aliphatic heterocycles. The van der Waals surface area contributed by atoms with E-state index in [0.717, 1.165) is 32.4 Å². The van der Waals surface area contributed by atoms with Crippen molar-refractivity contribution in [1.82, 2.24) is 4.90 Å². The summed E-state index contributed by atoms with van der Waals surface area (Å²) in [7, 11) is 0. The molecule has 1 fully saturated rings. The van der Waals surface area contributed by atoms with E-state index in [9.17, 15) is 4.79 Å². The zero-order valence-corrected chi connectivity index (χ0v) is 7.62. The summed E-state index contributed by atoms with van der Waals surface area (Å²) in [6, 6.07) is 0.308. The lowest BCUT2D eigenvalue weighted by Crippen LogP contribution is -2.31. The Balaban J connectivity index is 2.35. The number of hydrogen-bond acceptors (Lipinski definition) is 2. The van der Waals surface area contributed by atoms with E-state index in [4.69, 9.17) is 5.11 Å². The fraction of sp³-hybridized carbons (Fsp3) is 0.889. The van der Waals surface area contributed by atoms with Crippen molar-refractivity contribution in [3.05, 3.63) is 0 Å². The van der Waals surface area contributed by atoms with E-state index in [1.807, 2.05) is 0 Å². The second-order valence-corrected chi connectivity index (χ2v) is 3.43. The Labute approximate surface area is 73.4 Å². The van der Waals surface area contributed by atoms with E-state index < -0.39 is 5.97 Å². The van der Waals surface area contributed by atoms with Crippen molar-refractivity contribution >= 4 is 5.97 Å². The monoisotopic (exact) mass is 171 g/mol. The summed E-state index contributed by atoms with van der Waals surface area (Å²) < 4.78 is 0. The van der Waals surface area contributed by atoms with Crippen molar-refractivity contribution in [2.45, 2.75) is 38.6 Å². The van der Waals surface area contributed by atoms with Gasteiger partial charge in [0.2, 0.25) is 0 Å². The minimum absolute atomic E-state index is 0.308. The van der Waals surface area contributed by atoms with Crippen LogP contribution in [0.3, 0.4) is 0 Å². The van der Waals surface area contributed by atoms with Crippen molar-refractivity contribution in [1.29, 1.82) is 0 Å². The van der Waals surface area contributed by atoms with Crippen molar-refractivity contribution in [2.24, 2.45) is 0 Å². The van der Waals surface area contributed by atoms with Crippen molar-refractivity contribution in [3.8, 4) is 0 Å². The maximum Gasteiger partial charge on any atom is 0.304 e. The molecule has 0 aromatic rings. The molecule has 1 saturated heterocycles. The highest BCUT2D eigenvalue weighted by Gasteiger charge is 2.25. The molecule has 3 heteroatoms. The van der Waals surface area contributed by atoms with E-state index in [2.05, 4.69) is 11.8 Å². The van der Waals surface area contributed by atoms with Crippen LogP contribution in [0.4, 0.5) is 0 Å². The molecule has 0 bridgehead atoms. The molecule has 0 aromatic carbocycles. The van der Waals surface area contributed by atoms with Gasteiger partial charge in [-0.2, -0.15) is 0 Å². The number of aliphatic carboxylic acids is 1. The van der Waals surface area contributed by atoms with Crippen LogP contribution in [0, 0.1) is 0 Å². The van der Waals surface area contributed by atoms with Crippen molar-refractivity contribution in [2.75, 3.05) is 13.1 Å². The highest BCUT2D eigenvalue weighted by molar-refractivity contribution is 5.67. The topological polar surface area (TPSA) is 40.5 Å². The highest BCUT2D eigenvalue weighted by Crippen LogP contribution is 2.19. The molecule has 3 nitrogen and oxygen atoms in total. The third-order valence-electron chi connectivity index (χ3n) is 2.42. The number of carbonyl (C=O) groups is 1. The minimum Gasteiger partial charge on any atom is -0.481 e. The van der Waals surface area contributed by atoms with Gasteiger partial charge in [0.25, 0.3) is 0 Å². The second kappa shape index (κ2) is 4.45. The SMILES string of the molecule is CCCN1CCCC1CC(=O)O. The summed E-state index contributed by atoms with van der Waals surface area (Å²) in [5.41, 5.74) is 0. The normalized spacial score (nSPS) is 24.6. The quantitative estimate of drug-likeness (QED) is 0.693. The first kappa shape index (κ1) is 9.52. The van der Waals surface area contributed by atoms with Gasteiger partial charge < -0.3 is 5.11 Å². The number of carboxylic acids is 1. The summed E-state index contributed by atoms with van der Waals surface area (Å²) >= 11 is 0. The van der Waals surface area contributed by atoms with Crippen molar-refractivity contribution < 1.29 is 9.90 Å². The van der Waals surface area contributed by atoms with Crippen LogP contribution in [-0.4, -0.2) is 35.1 Å². The molecule has 1 atom stereocenters. The number of carboxylic acid groups (broad SMARTS) is 1. The second-order valence-electron chi connectivity index (χ2n) is 3.43. The van der Waals surface area contributed by atoms with Crippen LogP contribution in [0.2, 0.25) is 0 Å². The molecular formula is C9H17NO2. The Hall–Kier alpha value is -0.570. The van der Waals surface area contributed by atoms with Crippen molar-refractivity contribution in [3.63, 3.8) is 0 Å². The maximum atomic E-state index is 10.5. The molecule has 0 spiro atoms. The fourth-order valence-electron chi connectivity index (χ4n) is 1.91. The molecule has 0 aromatic heterocycles. The molecule has 1 heterocycles. The number of likely N-dealkylation sites (tertiary alicyclic amines) is 1. The van der Waals surface area contributed by atoms with Gasteiger partial charge in [-0.3, -0.25) is 9.69 Å². The van der Waals surface area contributed by atoms with E-state index in [0.29, 0.717) is 12.5 Å². The van der Waals surface area contributed by atoms with Gasteiger partial charge in [-0.05, 0) is 32.4 Å². The summed E-state index contributed by atoms with van der Waals surface area (Å²) in [4.78, 5) is 12.8. The molecule has 12 heavy (non-hydrogen) atoms. The summed E-state index contributed by atoms with van der Waals surface area (Å²) in [5, 5.41) is 8.63. The van der Waals surface area contributed by atoms with Gasteiger partial charge in [0.15, 0.2) is 0 Å². The molecule has 0 radical (unpaired) electrons. The van der Waals surface area contributed by atoms with Crippen LogP contribution >= 0.6 is 0 Å². The predicted molar refractivity (Wildman–Crippen MR) is 47.1 cm³/mol. The maximum absolute atomic E-state index is 10.5. The van der Waals surface area contributed by atoms with Crippen LogP contribution in [0.15, 0.2) is 0 Å². The van der Waals surface area contributed by atoms with Gasteiger partial charge in [-0.1, -0.05) is 6.92 Å². The molecule has 1 unspecified atom stereocenters. The van der Waals surface area contributed by atoms with E-state index in [-0.39, 0.29) is 0 Å². The number of rotatable bonds is 4. The molecular weight excluding hydrogens is 154 g/mol. The van der Waals surface area contributed by atoms with Crippen LogP contribution in [-0.2, 0) is 4.79 Å². The average molecular weight is 171 g/mol. The molecule has 0 aliphatic carbocycles. The van der Waals surface area contributed by atoms with Gasteiger partial charge in [0, 0.05) is 6.04 Å². The van der Waals surface area contributed by atoms with E-state index >= 15 is 0 Å². The van der Waals surface area contributed by atoms with E-state index in [1.54, 1.807) is 0 Å². The molecule has 0 amide bonds. The Morgan fingerprint density at radius 3 is 3.00 bits per heavy atom. The number of nitrogens with zero attached hydrogens (tertiary/aromatic N) is 1.